The lowest BCUT2D eigenvalue weighted by molar-refractivity contribution is -0.274. The van der Waals surface area contributed by atoms with E-state index in [-0.39, 0.29) is 17.4 Å². The Bertz CT molecular complexity index is 832. The molecule has 23 heavy (non-hydrogen) atoms. The Kier molecular flexibility index (Phi) is 3.69. The Hall–Kier alpha value is -2.96. The average Bonchev–Trinajstić information content (AvgIpc) is 2.48. The van der Waals surface area contributed by atoms with Crippen LogP contribution in [0.3, 0.4) is 0 Å². The van der Waals surface area contributed by atoms with Gasteiger partial charge in [-0.25, -0.2) is 4.98 Å². The van der Waals surface area contributed by atoms with Crippen LogP contribution in [0.25, 0.3) is 10.9 Å². The van der Waals surface area contributed by atoms with Gasteiger partial charge in [0, 0.05) is 11.5 Å². The summed E-state index contributed by atoms with van der Waals surface area (Å²) in [6.45, 7) is 0. The van der Waals surface area contributed by atoms with Crippen molar-refractivity contribution in [2.24, 2.45) is 0 Å². The van der Waals surface area contributed by atoms with Crippen LogP contribution in [0.15, 0.2) is 54.6 Å². The van der Waals surface area contributed by atoms with Crippen LogP contribution in [0, 0.1) is 0 Å². The van der Waals surface area contributed by atoms with Gasteiger partial charge in [-0.15, -0.1) is 13.2 Å². The largest absolute Gasteiger partial charge is 0.573 e. The molecular formula is C16H9F3NO3. The van der Waals surface area contributed by atoms with E-state index in [0.717, 1.165) is 12.1 Å². The molecule has 1 heterocycles. The van der Waals surface area contributed by atoms with E-state index in [0.29, 0.717) is 16.7 Å². The number of halogens is 3. The van der Waals surface area contributed by atoms with Crippen LogP contribution in [0.1, 0.15) is 0 Å². The topological polar surface area (TPSA) is 51.2 Å². The van der Waals surface area contributed by atoms with Crippen molar-refractivity contribution in [1.82, 2.24) is 4.98 Å². The van der Waals surface area contributed by atoms with Gasteiger partial charge in [0.25, 0.3) is 0 Å². The minimum atomic E-state index is -4.73. The highest BCUT2D eigenvalue weighted by atomic mass is 19.4. The van der Waals surface area contributed by atoms with Gasteiger partial charge in [0.05, 0.1) is 5.52 Å². The van der Waals surface area contributed by atoms with E-state index >= 15 is 0 Å². The Balaban J connectivity index is 1.77. The fourth-order valence-corrected chi connectivity index (χ4v) is 1.97. The Morgan fingerprint density at radius 3 is 2.26 bits per heavy atom. The molecule has 0 spiro atoms. The number of alkyl halides is 3. The van der Waals surface area contributed by atoms with Crippen LogP contribution in [0.4, 0.5) is 13.2 Å². The minimum Gasteiger partial charge on any atom is -0.439 e. The summed E-state index contributed by atoms with van der Waals surface area (Å²) in [5.41, 5.74) is 0.583. The molecule has 0 atom stereocenters. The van der Waals surface area contributed by atoms with E-state index in [4.69, 9.17) is 4.74 Å². The fraction of sp³-hybridized carbons (Fsp3) is 0.0625. The SMILES string of the molecule is [O]c1ccc2nc(Oc3ccc(OC(F)(F)F)cc3)ccc2c1. The maximum absolute atomic E-state index is 12.1. The average molecular weight is 320 g/mol. The summed E-state index contributed by atoms with van der Waals surface area (Å²) in [5.74, 6) is 0.125. The molecule has 0 unspecified atom stereocenters. The molecule has 7 heteroatoms. The van der Waals surface area contributed by atoms with Gasteiger partial charge in [-0.3, -0.25) is 5.11 Å². The van der Waals surface area contributed by atoms with Gasteiger partial charge in [-0.1, -0.05) is 0 Å². The molecule has 0 amide bonds. The molecule has 0 saturated carbocycles. The molecule has 0 bridgehead atoms. The first kappa shape index (κ1) is 15.0. The molecule has 0 aliphatic carbocycles. The zero-order valence-corrected chi connectivity index (χ0v) is 11.5. The Labute approximate surface area is 128 Å². The number of hydrogen-bond donors (Lipinski definition) is 0. The molecule has 3 aromatic rings. The molecule has 0 N–H and O–H groups in total. The molecule has 1 radical (unpaired) electrons. The summed E-state index contributed by atoms with van der Waals surface area (Å²) in [4.78, 5) is 4.22. The molecule has 1 aromatic heterocycles. The number of benzene rings is 2. The predicted octanol–water partition coefficient (Wildman–Crippen LogP) is 5.07. The summed E-state index contributed by atoms with van der Waals surface area (Å²) in [5, 5.41) is 11.9. The zero-order valence-electron chi connectivity index (χ0n) is 11.5. The van der Waals surface area contributed by atoms with Gasteiger partial charge in [-0.2, -0.15) is 0 Å². The summed E-state index contributed by atoms with van der Waals surface area (Å²) in [6, 6.07) is 12.6. The first-order chi connectivity index (χ1) is 10.9. The molecule has 0 aliphatic rings. The summed E-state index contributed by atoms with van der Waals surface area (Å²) in [7, 11) is 0. The minimum absolute atomic E-state index is 0.117. The van der Waals surface area contributed by atoms with Crippen LogP contribution < -0.4 is 9.47 Å². The van der Waals surface area contributed by atoms with Crippen molar-refractivity contribution in [3.8, 4) is 23.1 Å². The third kappa shape index (κ3) is 3.82. The maximum atomic E-state index is 12.1. The molecule has 3 rings (SSSR count). The van der Waals surface area contributed by atoms with E-state index in [1.165, 1.54) is 24.3 Å². The van der Waals surface area contributed by atoms with Crippen LogP contribution in [0.5, 0.6) is 23.1 Å². The van der Waals surface area contributed by atoms with Crippen molar-refractivity contribution in [3.63, 3.8) is 0 Å². The lowest BCUT2D eigenvalue weighted by Crippen LogP contribution is -2.16. The van der Waals surface area contributed by atoms with Crippen molar-refractivity contribution >= 4 is 10.9 Å². The van der Waals surface area contributed by atoms with Gasteiger partial charge >= 0.3 is 6.36 Å². The van der Waals surface area contributed by atoms with E-state index in [9.17, 15) is 18.3 Å². The molecule has 0 saturated heterocycles. The van der Waals surface area contributed by atoms with Gasteiger partial charge in [0.15, 0.2) is 5.75 Å². The highest BCUT2D eigenvalue weighted by Gasteiger charge is 2.30. The second-order valence-electron chi connectivity index (χ2n) is 4.63. The van der Waals surface area contributed by atoms with E-state index < -0.39 is 6.36 Å². The van der Waals surface area contributed by atoms with Crippen LogP contribution >= 0.6 is 0 Å². The standard InChI is InChI=1S/C16H9F3NO3/c17-16(18,19)23-13-5-3-12(4-6-13)22-15-8-1-10-9-11(21)2-7-14(10)20-15/h1-9H. The van der Waals surface area contributed by atoms with Crippen molar-refractivity contribution in [2.75, 3.05) is 0 Å². The summed E-state index contributed by atoms with van der Waals surface area (Å²) in [6.07, 6.45) is -4.73. The van der Waals surface area contributed by atoms with Gasteiger partial charge < -0.3 is 9.47 Å². The van der Waals surface area contributed by atoms with Crippen LogP contribution in [-0.2, 0) is 5.11 Å². The predicted molar refractivity (Wildman–Crippen MR) is 75.1 cm³/mol. The first-order valence-electron chi connectivity index (χ1n) is 6.50. The number of aromatic nitrogens is 1. The molecular weight excluding hydrogens is 311 g/mol. The number of ether oxygens (including phenoxy) is 2. The lowest BCUT2D eigenvalue weighted by Gasteiger charge is -2.10. The molecule has 117 valence electrons. The summed E-state index contributed by atoms with van der Waals surface area (Å²) >= 11 is 0. The fourth-order valence-electron chi connectivity index (χ4n) is 1.97. The highest BCUT2D eigenvalue weighted by molar-refractivity contribution is 5.80. The Morgan fingerprint density at radius 2 is 1.57 bits per heavy atom. The van der Waals surface area contributed by atoms with Crippen molar-refractivity contribution < 1.29 is 27.8 Å². The van der Waals surface area contributed by atoms with Gasteiger partial charge in [-0.05, 0) is 48.5 Å². The van der Waals surface area contributed by atoms with E-state index in [1.807, 2.05) is 0 Å². The highest BCUT2D eigenvalue weighted by Crippen LogP contribution is 2.28. The number of fused-ring (bicyclic) bond motifs is 1. The first-order valence-corrected chi connectivity index (χ1v) is 6.50. The van der Waals surface area contributed by atoms with Gasteiger partial charge in [0.2, 0.25) is 5.88 Å². The van der Waals surface area contributed by atoms with Crippen molar-refractivity contribution in [3.05, 3.63) is 54.6 Å². The molecule has 4 nitrogen and oxygen atoms in total. The zero-order chi connectivity index (χ0) is 16.4. The van der Waals surface area contributed by atoms with Crippen LogP contribution in [-0.4, -0.2) is 11.3 Å². The van der Waals surface area contributed by atoms with Crippen molar-refractivity contribution in [2.45, 2.75) is 6.36 Å². The molecule has 0 aliphatic heterocycles. The third-order valence-corrected chi connectivity index (χ3v) is 2.91. The number of rotatable bonds is 3. The second-order valence-corrected chi connectivity index (χ2v) is 4.63. The van der Waals surface area contributed by atoms with Crippen molar-refractivity contribution in [1.29, 1.82) is 0 Å². The second kappa shape index (κ2) is 5.68. The smallest absolute Gasteiger partial charge is 0.439 e. The van der Waals surface area contributed by atoms with E-state index in [2.05, 4.69) is 9.72 Å². The number of pyridine rings is 1. The number of hydrogen-bond acceptors (Lipinski definition) is 3. The van der Waals surface area contributed by atoms with Crippen LogP contribution in [0.2, 0.25) is 0 Å². The third-order valence-electron chi connectivity index (χ3n) is 2.91. The van der Waals surface area contributed by atoms with E-state index in [1.54, 1.807) is 18.2 Å². The monoisotopic (exact) mass is 320 g/mol. The Morgan fingerprint density at radius 1 is 0.870 bits per heavy atom. The maximum Gasteiger partial charge on any atom is 0.573 e. The summed E-state index contributed by atoms with van der Waals surface area (Å²) < 4.78 is 45.5. The van der Waals surface area contributed by atoms with Gasteiger partial charge in [0.1, 0.15) is 11.5 Å². The molecule has 0 fully saturated rings. The number of nitrogens with zero attached hydrogens (tertiary/aromatic N) is 1. The molecule has 2 aromatic carbocycles. The quantitative estimate of drug-likeness (QED) is 0.677. The lowest BCUT2D eigenvalue weighted by atomic mass is 10.2. The normalized spacial score (nSPS) is 11.4.